The van der Waals surface area contributed by atoms with Crippen molar-refractivity contribution in [1.29, 1.82) is 0 Å². The van der Waals surface area contributed by atoms with Gasteiger partial charge in [-0.1, -0.05) is 0 Å². The van der Waals surface area contributed by atoms with Gasteiger partial charge < -0.3 is 16.0 Å². The zero-order valence-corrected chi connectivity index (χ0v) is 8.90. The van der Waals surface area contributed by atoms with E-state index < -0.39 is 0 Å². The lowest BCUT2D eigenvalue weighted by molar-refractivity contribution is 0.0945. The fourth-order valence-electron chi connectivity index (χ4n) is 0.947. The quantitative estimate of drug-likeness (QED) is 0.688. The molecule has 15 heavy (non-hydrogen) atoms. The Labute approximate surface area is 88.5 Å². The van der Waals surface area contributed by atoms with Crippen LogP contribution in [-0.2, 0) is 0 Å². The van der Waals surface area contributed by atoms with Gasteiger partial charge in [0.1, 0.15) is 5.82 Å². The Hall–Kier alpha value is -1.69. The van der Waals surface area contributed by atoms with Crippen LogP contribution in [-0.4, -0.2) is 48.2 Å². The van der Waals surface area contributed by atoms with E-state index in [1.54, 1.807) is 12.1 Å². The van der Waals surface area contributed by atoms with Gasteiger partial charge >= 0.3 is 0 Å². The molecule has 0 atom stereocenters. The van der Waals surface area contributed by atoms with Gasteiger partial charge in [0.15, 0.2) is 5.69 Å². The summed E-state index contributed by atoms with van der Waals surface area (Å²) in [4.78, 5) is 13.4. The molecule has 1 amide bonds. The van der Waals surface area contributed by atoms with Crippen LogP contribution in [0.1, 0.15) is 10.5 Å². The fraction of sp³-hybridized carbons (Fsp3) is 0.444. The fourth-order valence-corrected chi connectivity index (χ4v) is 0.947. The van der Waals surface area contributed by atoms with E-state index in [0.29, 0.717) is 12.4 Å². The average Bonchev–Trinajstić information content (AvgIpc) is 2.18. The van der Waals surface area contributed by atoms with Crippen LogP contribution in [0.15, 0.2) is 12.1 Å². The van der Waals surface area contributed by atoms with Crippen molar-refractivity contribution >= 4 is 11.7 Å². The summed E-state index contributed by atoms with van der Waals surface area (Å²) in [5.41, 5.74) is 5.64. The van der Waals surface area contributed by atoms with Crippen molar-refractivity contribution in [3.05, 3.63) is 17.8 Å². The molecule has 0 radical (unpaired) electrons. The highest BCUT2D eigenvalue weighted by molar-refractivity contribution is 5.92. The molecule has 0 aliphatic heterocycles. The summed E-state index contributed by atoms with van der Waals surface area (Å²) in [6.45, 7) is 1.37. The van der Waals surface area contributed by atoms with E-state index in [2.05, 4.69) is 15.5 Å². The lowest BCUT2D eigenvalue weighted by Gasteiger charge is -2.09. The van der Waals surface area contributed by atoms with Gasteiger partial charge in [-0.05, 0) is 26.2 Å². The lowest BCUT2D eigenvalue weighted by atomic mass is 10.3. The van der Waals surface area contributed by atoms with E-state index >= 15 is 0 Å². The van der Waals surface area contributed by atoms with Crippen molar-refractivity contribution < 1.29 is 4.79 Å². The maximum Gasteiger partial charge on any atom is 0.271 e. The third-order valence-corrected chi connectivity index (χ3v) is 1.76. The van der Waals surface area contributed by atoms with Gasteiger partial charge in [-0.15, -0.1) is 10.2 Å². The predicted molar refractivity (Wildman–Crippen MR) is 57.3 cm³/mol. The van der Waals surface area contributed by atoms with Gasteiger partial charge in [-0.25, -0.2) is 0 Å². The van der Waals surface area contributed by atoms with E-state index in [0.717, 1.165) is 6.54 Å². The molecule has 0 saturated heterocycles. The van der Waals surface area contributed by atoms with Gasteiger partial charge in [0, 0.05) is 13.1 Å². The second kappa shape index (κ2) is 5.26. The number of nitrogens with zero attached hydrogens (tertiary/aromatic N) is 3. The van der Waals surface area contributed by atoms with Gasteiger partial charge in [-0.2, -0.15) is 0 Å². The first-order valence-corrected chi connectivity index (χ1v) is 4.61. The molecule has 0 aromatic carbocycles. The molecular weight excluding hydrogens is 194 g/mol. The first-order chi connectivity index (χ1) is 7.09. The second-order valence-corrected chi connectivity index (χ2v) is 3.40. The molecule has 1 heterocycles. The van der Waals surface area contributed by atoms with Crippen molar-refractivity contribution in [1.82, 2.24) is 20.4 Å². The Morgan fingerprint density at radius 3 is 2.73 bits per heavy atom. The van der Waals surface area contributed by atoms with Crippen molar-refractivity contribution in [2.24, 2.45) is 0 Å². The number of rotatable bonds is 4. The number of aromatic nitrogens is 2. The Bertz CT molecular complexity index is 322. The number of nitrogens with two attached hydrogens (primary N) is 1. The number of nitrogens with one attached hydrogen (secondary N) is 1. The molecular formula is C9H15N5O. The molecule has 1 rings (SSSR count). The minimum absolute atomic E-state index is 0.232. The number of hydrogen-bond donors (Lipinski definition) is 2. The molecule has 82 valence electrons. The van der Waals surface area contributed by atoms with E-state index in [1.165, 1.54) is 0 Å². The Morgan fingerprint density at radius 1 is 1.47 bits per heavy atom. The zero-order chi connectivity index (χ0) is 11.3. The molecule has 0 bridgehead atoms. The number of hydrogen-bond acceptors (Lipinski definition) is 5. The highest BCUT2D eigenvalue weighted by atomic mass is 16.1. The van der Waals surface area contributed by atoms with Crippen LogP contribution in [0.5, 0.6) is 0 Å². The number of nitrogen functional groups attached to an aromatic ring is 1. The van der Waals surface area contributed by atoms with Crippen LogP contribution in [0.2, 0.25) is 0 Å². The summed E-state index contributed by atoms with van der Waals surface area (Å²) in [6, 6.07) is 3.10. The average molecular weight is 209 g/mol. The molecule has 0 fully saturated rings. The largest absolute Gasteiger partial charge is 0.382 e. The van der Waals surface area contributed by atoms with Gasteiger partial charge in [-0.3, -0.25) is 4.79 Å². The smallest absolute Gasteiger partial charge is 0.271 e. The second-order valence-electron chi connectivity index (χ2n) is 3.40. The van der Waals surface area contributed by atoms with Crippen LogP contribution in [0.3, 0.4) is 0 Å². The lowest BCUT2D eigenvalue weighted by Crippen LogP contribution is -2.31. The number of anilines is 1. The summed E-state index contributed by atoms with van der Waals surface area (Å²) < 4.78 is 0. The van der Waals surface area contributed by atoms with Crippen LogP contribution >= 0.6 is 0 Å². The number of amides is 1. The molecule has 0 aliphatic carbocycles. The Kier molecular flexibility index (Phi) is 3.99. The molecule has 3 N–H and O–H groups in total. The molecule has 1 aromatic rings. The monoisotopic (exact) mass is 209 g/mol. The first kappa shape index (κ1) is 11.4. The van der Waals surface area contributed by atoms with Crippen molar-refractivity contribution in [3.63, 3.8) is 0 Å². The highest BCUT2D eigenvalue weighted by Crippen LogP contribution is 1.96. The van der Waals surface area contributed by atoms with Crippen LogP contribution in [0.4, 0.5) is 5.82 Å². The summed E-state index contributed by atoms with van der Waals surface area (Å²) >= 11 is 0. The minimum atomic E-state index is -0.232. The maximum absolute atomic E-state index is 11.5. The van der Waals surface area contributed by atoms with Crippen LogP contribution < -0.4 is 11.1 Å². The highest BCUT2D eigenvalue weighted by Gasteiger charge is 2.06. The molecule has 0 spiro atoms. The summed E-state index contributed by atoms with van der Waals surface area (Å²) in [6.07, 6.45) is 0. The zero-order valence-electron chi connectivity index (χ0n) is 8.90. The Balaban J connectivity index is 2.43. The molecule has 0 saturated carbocycles. The summed E-state index contributed by atoms with van der Waals surface area (Å²) in [5, 5.41) is 10.0. The first-order valence-electron chi connectivity index (χ1n) is 4.61. The number of carbonyl (C=O) groups is 1. The van der Waals surface area contributed by atoms with E-state index in [-0.39, 0.29) is 11.6 Å². The maximum atomic E-state index is 11.5. The normalized spacial score (nSPS) is 10.3. The van der Waals surface area contributed by atoms with E-state index in [9.17, 15) is 4.79 Å². The van der Waals surface area contributed by atoms with Crippen molar-refractivity contribution in [2.45, 2.75) is 0 Å². The van der Waals surface area contributed by atoms with Gasteiger partial charge in [0.2, 0.25) is 0 Å². The van der Waals surface area contributed by atoms with Crippen LogP contribution in [0, 0.1) is 0 Å². The van der Waals surface area contributed by atoms with Crippen molar-refractivity contribution in [2.75, 3.05) is 32.9 Å². The molecule has 1 aromatic heterocycles. The third-order valence-electron chi connectivity index (χ3n) is 1.76. The summed E-state index contributed by atoms with van der Waals surface area (Å²) in [5.74, 6) is 0.0733. The molecule has 0 aliphatic rings. The molecule has 0 unspecified atom stereocenters. The SMILES string of the molecule is CN(C)CCNC(=O)c1ccc(N)nn1. The number of carbonyl (C=O) groups excluding carboxylic acids is 1. The van der Waals surface area contributed by atoms with Crippen molar-refractivity contribution in [3.8, 4) is 0 Å². The van der Waals surface area contributed by atoms with Gasteiger partial charge in [0.05, 0.1) is 0 Å². The topological polar surface area (TPSA) is 84.1 Å². The standard InChI is InChI=1S/C9H15N5O/c1-14(2)6-5-11-9(15)7-3-4-8(10)13-12-7/h3-4H,5-6H2,1-2H3,(H2,10,13)(H,11,15). The Morgan fingerprint density at radius 2 is 2.20 bits per heavy atom. The van der Waals surface area contributed by atoms with E-state index in [1.807, 2.05) is 19.0 Å². The number of likely N-dealkylation sites (N-methyl/N-ethyl adjacent to an activating group) is 1. The third kappa shape index (κ3) is 3.90. The predicted octanol–water partition coefficient (Wildman–Crippen LogP) is -0.650. The molecule has 6 heteroatoms. The molecule has 6 nitrogen and oxygen atoms in total. The van der Waals surface area contributed by atoms with Crippen LogP contribution in [0.25, 0.3) is 0 Å². The minimum Gasteiger partial charge on any atom is -0.382 e. The summed E-state index contributed by atoms with van der Waals surface area (Å²) in [7, 11) is 3.88. The van der Waals surface area contributed by atoms with Gasteiger partial charge in [0.25, 0.3) is 5.91 Å². The van der Waals surface area contributed by atoms with E-state index in [4.69, 9.17) is 5.73 Å².